The van der Waals surface area contributed by atoms with Crippen molar-refractivity contribution in [2.75, 3.05) is 19.8 Å². The van der Waals surface area contributed by atoms with E-state index in [2.05, 4.69) is 0 Å². The second-order valence-electron chi connectivity index (χ2n) is 10.7. The first kappa shape index (κ1) is 31.3. The molecule has 0 bridgehead atoms. The van der Waals surface area contributed by atoms with Crippen molar-refractivity contribution >= 4 is 29.7 Å². The average molecular weight is 636 g/mol. The summed E-state index contributed by atoms with van der Waals surface area (Å²) in [5, 5.41) is 0. The van der Waals surface area contributed by atoms with Crippen molar-refractivity contribution in [1.29, 1.82) is 0 Å². The van der Waals surface area contributed by atoms with Gasteiger partial charge >= 0.3 is 17.9 Å². The molecule has 0 unspecified atom stereocenters. The lowest BCUT2D eigenvalue weighted by Gasteiger charge is -2.24. The number of imide groups is 1. The Balaban J connectivity index is 1.23. The molecule has 47 heavy (non-hydrogen) atoms. The predicted octanol–water partition coefficient (Wildman–Crippen LogP) is 4.33. The first-order valence-electron chi connectivity index (χ1n) is 14.9. The van der Waals surface area contributed by atoms with Crippen LogP contribution >= 0.6 is 0 Å². The summed E-state index contributed by atoms with van der Waals surface area (Å²) >= 11 is 0. The lowest BCUT2D eigenvalue weighted by Crippen LogP contribution is -2.43. The second-order valence-corrected chi connectivity index (χ2v) is 10.7. The zero-order valence-corrected chi connectivity index (χ0v) is 24.9. The van der Waals surface area contributed by atoms with Crippen LogP contribution in [-0.2, 0) is 23.7 Å². The van der Waals surface area contributed by atoms with Gasteiger partial charge in [0, 0.05) is 0 Å². The van der Waals surface area contributed by atoms with Crippen LogP contribution in [0.1, 0.15) is 51.8 Å². The second kappa shape index (κ2) is 14.2. The third-order valence-electron chi connectivity index (χ3n) is 7.64. The molecule has 4 aromatic carbocycles. The molecule has 0 N–H and O–H groups in total. The van der Waals surface area contributed by atoms with Crippen LogP contribution in [0.15, 0.2) is 115 Å². The van der Waals surface area contributed by atoms with Gasteiger partial charge in [-0.1, -0.05) is 66.7 Å². The van der Waals surface area contributed by atoms with E-state index in [9.17, 15) is 24.0 Å². The minimum atomic E-state index is -1.33. The topological polar surface area (TPSA) is 135 Å². The Hall–Kier alpha value is -5.65. The third kappa shape index (κ3) is 6.96. The van der Waals surface area contributed by atoms with Gasteiger partial charge in [0.1, 0.15) is 12.7 Å². The Bertz CT molecular complexity index is 1730. The highest BCUT2D eigenvalue weighted by molar-refractivity contribution is 6.21. The summed E-state index contributed by atoms with van der Waals surface area (Å²) in [6.45, 7) is -0.711. The third-order valence-corrected chi connectivity index (χ3v) is 7.64. The molecule has 1 saturated heterocycles. The standard InChI is InChI=1S/C36H29NO10/c38-31-26-18-10-11-19-27(26)32(39)37(31)20-21-43-36-30(47-35(42)25-16-8-3-9-17-25)29(46-34(41)24-14-6-2-7-15-24)28(45-36)22-44-33(40)23-12-4-1-5-13-23/h1-19,28-30,36H,20-22H2/t28-,29-,30+,36+/m1/s1. The highest BCUT2D eigenvalue weighted by atomic mass is 16.7. The van der Waals surface area contributed by atoms with E-state index in [-0.39, 0.29) is 42.0 Å². The summed E-state index contributed by atoms with van der Waals surface area (Å²) in [7, 11) is 0. The Labute approximate surface area is 269 Å². The lowest BCUT2D eigenvalue weighted by atomic mass is 10.1. The van der Waals surface area contributed by atoms with Crippen LogP contribution in [-0.4, -0.2) is 79.0 Å². The van der Waals surface area contributed by atoms with E-state index in [1.807, 2.05) is 0 Å². The number of hydrogen-bond acceptors (Lipinski definition) is 10. The van der Waals surface area contributed by atoms with Crippen molar-refractivity contribution in [1.82, 2.24) is 4.90 Å². The Morgan fingerprint density at radius 1 is 0.596 bits per heavy atom. The first-order valence-corrected chi connectivity index (χ1v) is 14.9. The molecule has 238 valence electrons. The molecule has 1 fully saturated rings. The highest BCUT2D eigenvalue weighted by Crippen LogP contribution is 2.30. The van der Waals surface area contributed by atoms with Gasteiger partial charge in [-0.2, -0.15) is 0 Å². The van der Waals surface area contributed by atoms with Crippen LogP contribution in [0.3, 0.4) is 0 Å². The van der Waals surface area contributed by atoms with Crippen LogP contribution < -0.4 is 0 Å². The molecule has 0 aliphatic carbocycles. The average Bonchev–Trinajstić information content (AvgIpc) is 3.56. The Morgan fingerprint density at radius 3 is 1.55 bits per heavy atom. The van der Waals surface area contributed by atoms with E-state index >= 15 is 0 Å². The zero-order valence-electron chi connectivity index (χ0n) is 24.9. The Kier molecular flexibility index (Phi) is 9.46. The molecular weight excluding hydrogens is 606 g/mol. The van der Waals surface area contributed by atoms with Crippen molar-refractivity contribution in [3.63, 3.8) is 0 Å². The van der Waals surface area contributed by atoms with E-state index in [1.54, 1.807) is 115 Å². The Morgan fingerprint density at radius 2 is 1.04 bits per heavy atom. The fourth-order valence-electron chi connectivity index (χ4n) is 5.28. The number of carbonyl (C=O) groups excluding carboxylic acids is 5. The van der Waals surface area contributed by atoms with Crippen LogP contribution in [0.5, 0.6) is 0 Å². The molecule has 2 aliphatic heterocycles. The summed E-state index contributed by atoms with van der Waals surface area (Å²) < 4.78 is 29.3. The SMILES string of the molecule is O=C(OC[C@H]1O[C@H](OCCN2C(=O)c3ccccc3C2=O)[C@@H](OC(=O)c2ccccc2)[C@@H]1OC(=O)c1ccccc1)c1ccccc1. The van der Waals surface area contributed by atoms with Crippen molar-refractivity contribution in [3.05, 3.63) is 143 Å². The van der Waals surface area contributed by atoms with Crippen LogP contribution in [0.25, 0.3) is 0 Å². The number of ether oxygens (including phenoxy) is 5. The summed E-state index contributed by atoms with van der Waals surface area (Å²) in [4.78, 5) is 66.0. The number of nitrogens with zero attached hydrogens (tertiary/aromatic N) is 1. The molecule has 0 spiro atoms. The highest BCUT2D eigenvalue weighted by Gasteiger charge is 2.51. The normalized spacial score (nSPS) is 20.0. The quantitative estimate of drug-likeness (QED) is 0.133. The summed E-state index contributed by atoms with van der Waals surface area (Å²) in [6.07, 6.45) is -5.04. The molecule has 0 saturated carbocycles. The molecule has 2 aliphatic rings. The van der Waals surface area contributed by atoms with Crippen LogP contribution in [0.2, 0.25) is 0 Å². The van der Waals surface area contributed by atoms with Crippen LogP contribution in [0, 0.1) is 0 Å². The van der Waals surface area contributed by atoms with Gasteiger partial charge in [-0.15, -0.1) is 0 Å². The van der Waals surface area contributed by atoms with Crippen molar-refractivity contribution in [3.8, 4) is 0 Å². The number of fused-ring (bicyclic) bond motifs is 1. The van der Waals surface area contributed by atoms with Crippen LogP contribution in [0.4, 0.5) is 0 Å². The van der Waals surface area contributed by atoms with Gasteiger partial charge in [-0.05, 0) is 48.5 Å². The minimum Gasteiger partial charge on any atom is -0.459 e. The molecule has 0 radical (unpaired) electrons. The molecule has 0 aromatic heterocycles. The number of amides is 2. The summed E-state index contributed by atoms with van der Waals surface area (Å²) in [5.41, 5.74) is 1.33. The fourth-order valence-corrected chi connectivity index (χ4v) is 5.28. The van der Waals surface area contributed by atoms with Gasteiger partial charge in [-0.25, -0.2) is 14.4 Å². The smallest absolute Gasteiger partial charge is 0.338 e. The molecule has 4 aromatic rings. The van der Waals surface area contributed by atoms with Gasteiger partial charge < -0.3 is 23.7 Å². The van der Waals surface area contributed by atoms with Gasteiger partial charge in [0.2, 0.25) is 0 Å². The molecule has 2 amide bonds. The molecule has 11 nitrogen and oxygen atoms in total. The minimum absolute atomic E-state index is 0.131. The zero-order chi connectivity index (χ0) is 32.8. The molecule has 11 heteroatoms. The maximum Gasteiger partial charge on any atom is 0.338 e. The predicted molar refractivity (Wildman–Crippen MR) is 164 cm³/mol. The van der Waals surface area contributed by atoms with Gasteiger partial charge in [0.25, 0.3) is 11.8 Å². The van der Waals surface area contributed by atoms with E-state index in [4.69, 9.17) is 23.7 Å². The molecular formula is C36H29NO10. The number of hydrogen-bond donors (Lipinski definition) is 0. The van der Waals surface area contributed by atoms with Gasteiger partial charge in [0.05, 0.1) is 41.0 Å². The number of esters is 3. The van der Waals surface area contributed by atoms with Crippen molar-refractivity contribution in [2.24, 2.45) is 0 Å². The van der Waals surface area contributed by atoms with Crippen molar-refractivity contribution < 1.29 is 47.7 Å². The fraction of sp³-hybridized carbons (Fsp3) is 0.194. The number of carbonyl (C=O) groups is 5. The maximum atomic E-state index is 13.2. The van der Waals surface area contributed by atoms with E-state index in [1.165, 1.54) is 0 Å². The van der Waals surface area contributed by atoms with Gasteiger partial charge in [0.15, 0.2) is 18.5 Å². The van der Waals surface area contributed by atoms with E-state index in [0.29, 0.717) is 5.56 Å². The summed E-state index contributed by atoms with van der Waals surface area (Å²) in [5.74, 6) is -3.04. The molecule has 4 atom stereocenters. The van der Waals surface area contributed by atoms with Crippen molar-refractivity contribution in [2.45, 2.75) is 24.6 Å². The molecule has 2 heterocycles. The maximum absolute atomic E-state index is 13.2. The summed E-state index contributed by atoms with van der Waals surface area (Å²) in [6, 6.07) is 31.1. The van der Waals surface area contributed by atoms with Gasteiger partial charge in [-0.3, -0.25) is 14.5 Å². The largest absolute Gasteiger partial charge is 0.459 e. The van der Waals surface area contributed by atoms with E-state index in [0.717, 1.165) is 4.90 Å². The number of benzene rings is 4. The first-order chi connectivity index (χ1) is 22.9. The lowest BCUT2D eigenvalue weighted by molar-refractivity contribution is -0.170. The van der Waals surface area contributed by atoms with E-state index < -0.39 is 54.3 Å². The molecule has 6 rings (SSSR count). The monoisotopic (exact) mass is 635 g/mol. The number of rotatable bonds is 11.